The van der Waals surface area contributed by atoms with Crippen LogP contribution in [0.5, 0.6) is 5.75 Å². The fourth-order valence-corrected chi connectivity index (χ4v) is 3.87. The van der Waals surface area contributed by atoms with Crippen molar-refractivity contribution in [1.82, 2.24) is 14.1 Å². The van der Waals surface area contributed by atoms with Crippen molar-refractivity contribution in [3.63, 3.8) is 0 Å². The van der Waals surface area contributed by atoms with Crippen LogP contribution in [0.2, 0.25) is 0 Å². The van der Waals surface area contributed by atoms with E-state index in [9.17, 15) is 9.59 Å². The highest BCUT2D eigenvalue weighted by Crippen LogP contribution is 2.36. The van der Waals surface area contributed by atoms with Gasteiger partial charge >= 0.3 is 5.69 Å². The van der Waals surface area contributed by atoms with Crippen LogP contribution in [0.15, 0.2) is 57.4 Å². The molecule has 0 bridgehead atoms. The Morgan fingerprint density at radius 1 is 1.00 bits per heavy atom. The number of methoxy groups -OCH3 is 1. The Kier molecular flexibility index (Phi) is 4.16. The van der Waals surface area contributed by atoms with Gasteiger partial charge in [-0.2, -0.15) is 0 Å². The smallest absolute Gasteiger partial charge is 0.332 e. The van der Waals surface area contributed by atoms with Gasteiger partial charge in [0.1, 0.15) is 5.75 Å². The zero-order valence-electron chi connectivity index (χ0n) is 15.1. The van der Waals surface area contributed by atoms with Gasteiger partial charge in [0.05, 0.1) is 23.1 Å². The molecule has 0 aliphatic rings. The largest absolute Gasteiger partial charge is 0.496 e. The van der Waals surface area contributed by atoms with Gasteiger partial charge in [0, 0.05) is 25.2 Å². The topological polar surface area (TPSA) is 66.1 Å². The molecule has 4 rings (SSSR count). The van der Waals surface area contributed by atoms with Crippen LogP contribution in [0.3, 0.4) is 0 Å². The molecule has 0 unspecified atom stereocenters. The van der Waals surface area contributed by atoms with Crippen LogP contribution in [0.4, 0.5) is 0 Å². The van der Waals surface area contributed by atoms with Gasteiger partial charge in [-0.3, -0.25) is 13.9 Å². The number of pyridine rings is 1. The summed E-state index contributed by atoms with van der Waals surface area (Å²) in [5.74, 6) is 0.651. The van der Waals surface area contributed by atoms with Gasteiger partial charge in [-0.1, -0.05) is 24.3 Å². The molecular formula is C20H17N3O3S. The molecule has 27 heavy (non-hydrogen) atoms. The fraction of sp³-hybridized carbons (Fsp3) is 0.150. The first-order chi connectivity index (χ1) is 13.0. The molecule has 0 aliphatic carbocycles. The summed E-state index contributed by atoms with van der Waals surface area (Å²) in [6.07, 6.45) is 0. The number of nitrogens with zero attached hydrogens (tertiary/aromatic N) is 3. The Labute approximate surface area is 158 Å². The van der Waals surface area contributed by atoms with Gasteiger partial charge < -0.3 is 4.74 Å². The minimum Gasteiger partial charge on any atom is -0.496 e. The van der Waals surface area contributed by atoms with E-state index in [1.54, 1.807) is 25.5 Å². The molecule has 0 spiro atoms. The first-order valence-corrected chi connectivity index (χ1v) is 9.19. The minimum atomic E-state index is -0.408. The lowest BCUT2D eigenvalue weighted by Crippen LogP contribution is -2.37. The Morgan fingerprint density at radius 3 is 2.48 bits per heavy atom. The van der Waals surface area contributed by atoms with E-state index >= 15 is 0 Å². The third-order valence-corrected chi connectivity index (χ3v) is 5.47. The van der Waals surface area contributed by atoms with Crippen LogP contribution in [0.1, 0.15) is 0 Å². The molecule has 4 aromatic rings. The highest BCUT2D eigenvalue weighted by Gasteiger charge is 2.19. The molecule has 0 saturated heterocycles. The molecule has 6 nitrogen and oxygen atoms in total. The number of ether oxygens (including phenoxy) is 1. The average Bonchev–Trinajstić information content (AvgIpc) is 3.24. The van der Waals surface area contributed by atoms with E-state index in [-0.39, 0.29) is 5.56 Å². The molecule has 0 N–H and O–H groups in total. The van der Waals surface area contributed by atoms with Gasteiger partial charge in [0.25, 0.3) is 5.56 Å². The van der Waals surface area contributed by atoms with Gasteiger partial charge in [-0.15, -0.1) is 11.3 Å². The average molecular weight is 379 g/mol. The molecule has 3 aromatic heterocycles. The maximum atomic E-state index is 13.0. The number of aromatic nitrogens is 3. The minimum absolute atomic E-state index is 0.356. The Balaban J connectivity index is 2.22. The van der Waals surface area contributed by atoms with E-state index in [4.69, 9.17) is 4.74 Å². The first kappa shape index (κ1) is 17.2. The van der Waals surface area contributed by atoms with Crippen molar-refractivity contribution in [2.24, 2.45) is 14.1 Å². The fourth-order valence-electron chi connectivity index (χ4n) is 3.19. The van der Waals surface area contributed by atoms with E-state index in [2.05, 4.69) is 4.98 Å². The second-order valence-corrected chi connectivity index (χ2v) is 7.08. The summed E-state index contributed by atoms with van der Waals surface area (Å²) in [6.45, 7) is 0. The number of aryl methyl sites for hydroxylation is 1. The number of thiophene rings is 1. The highest BCUT2D eigenvalue weighted by molar-refractivity contribution is 7.13. The second-order valence-electron chi connectivity index (χ2n) is 6.14. The normalized spacial score (nSPS) is 11.1. The maximum absolute atomic E-state index is 13.0. The molecule has 0 amide bonds. The standard InChI is InChI=1S/C20H17N3O3S/c1-22-18-17(19(24)23(2)20(22)25)13(12-7-4-5-8-15(12)26-3)11-14(21-18)16-9-6-10-27-16/h4-11H,1-3H3. The molecule has 7 heteroatoms. The summed E-state index contributed by atoms with van der Waals surface area (Å²) in [7, 11) is 4.70. The van der Waals surface area contributed by atoms with Gasteiger partial charge in [0.2, 0.25) is 0 Å². The zero-order valence-corrected chi connectivity index (χ0v) is 15.9. The van der Waals surface area contributed by atoms with Crippen molar-refractivity contribution in [2.75, 3.05) is 7.11 Å². The highest BCUT2D eigenvalue weighted by atomic mass is 32.1. The summed E-state index contributed by atoms with van der Waals surface area (Å²) in [5, 5.41) is 2.36. The first-order valence-electron chi connectivity index (χ1n) is 8.31. The summed E-state index contributed by atoms with van der Waals surface area (Å²) in [6, 6.07) is 13.3. The van der Waals surface area contributed by atoms with Crippen molar-refractivity contribution in [3.05, 3.63) is 68.7 Å². The van der Waals surface area contributed by atoms with E-state index in [0.29, 0.717) is 28.0 Å². The number of rotatable bonds is 3. The van der Waals surface area contributed by atoms with E-state index < -0.39 is 5.69 Å². The van der Waals surface area contributed by atoms with Crippen molar-refractivity contribution in [3.8, 4) is 27.4 Å². The molecule has 0 aliphatic heterocycles. The van der Waals surface area contributed by atoms with E-state index in [1.165, 1.54) is 11.6 Å². The number of para-hydroxylation sites is 1. The molecule has 0 fully saturated rings. The van der Waals surface area contributed by atoms with E-state index in [1.807, 2.05) is 47.8 Å². The predicted octanol–water partition coefficient (Wildman–Crippen LogP) is 3.04. The molecule has 1 aromatic carbocycles. The molecule has 0 atom stereocenters. The Bertz CT molecular complexity index is 1270. The summed E-state index contributed by atoms with van der Waals surface area (Å²) in [4.78, 5) is 31.0. The number of hydrogen-bond acceptors (Lipinski definition) is 5. The second kappa shape index (κ2) is 6.51. The van der Waals surface area contributed by atoms with Crippen LogP contribution < -0.4 is 16.0 Å². The van der Waals surface area contributed by atoms with Gasteiger partial charge in [0.15, 0.2) is 5.65 Å². The molecule has 3 heterocycles. The number of benzene rings is 1. The van der Waals surface area contributed by atoms with Crippen LogP contribution in [0, 0.1) is 0 Å². The lowest BCUT2D eigenvalue weighted by Gasteiger charge is -2.14. The lowest BCUT2D eigenvalue weighted by molar-refractivity contribution is 0.416. The third kappa shape index (κ3) is 2.67. The van der Waals surface area contributed by atoms with Crippen LogP contribution in [0.25, 0.3) is 32.7 Å². The molecule has 0 saturated carbocycles. The third-order valence-electron chi connectivity index (χ3n) is 4.58. The van der Waals surface area contributed by atoms with Crippen LogP contribution in [-0.4, -0.2) is 21.2 Å². The number of hydrogen-bond donors (Lipinski definition) is 0. The van der Waals surface area contributed by atoms with Crippen molar-refractivity contribution in [1.29, 1.82) is 0 Å². The van der Waals surface area contributed by atoms with E-state index in [0.717, 1.165) is 15.0 Å². The van der Waals surface area contributed by atoms with Crippen LogP contribution >= 0.6 is 11.3 Å². The zero-order chi connectivity index (χ0) is 19.1. The van der Waals surface area contributed by atoms with Crippen molar-refractivity contribution >= 4 is 22.4 Å². The summed E-state index contributed by atoms with van der Waals surface area (Å²) in [5.41, 5.74) is 1.75. The summed E-state index contributed by atoms with van der Waals surface area (Å²) >= 11 is 1.55. The van der Waals surface area contributed by atoms with Crippen LogP contribution in [-0.2, 0) is 14.1 Å². The summed E-state index contributed by atoms with van der Waals surface area (Å²) < 4.78 is 8.02. The van der Waals surface area contributed by atoms with Gasteiger partial charge in [-0.25, -0.2) is 9.78 Å². The monoisotopic (exact) mass is 379 g/mol. The Morgan fingerprint density at radius 2 is 1.78 bits per heavy atom. The molecular weight excluding hydrogens is 362 g/mol. The van der Waals surface area contributed by atoms with Crippen molar-refractivity contribution in [2.45, 2.75) is 0 Å². The van der Waals surface area contributed by atoms with Gasteiger partial charge in [-0.05, 0) is 23.6 Å². The number of fused-ring (bicyclic) bond motifs is 1. The maximum Gasteiger partial charge on any atom is 0.332 e. The lowest BCUT2D eigenvalue weighted by atomic mass is 10.0. The molecule has 0 radical (unpaired) electrons. The predicted molar refractivity (Wildman–Crippen MR) is 108 cm³/mol. The SMILES string of the molecule is COc1ccccc1-c1cc(-c2cccs2)nc2c1c(=O)n(C)c(=O)n2C. The molecule has 136 valence electrons. The quantitative estimate of drug-likeness (QED) is 0.549. The van der Waals surface area contributed by atoms with Crippen molar-refractivity contribution < 1.29 is 4.74 Å². The Hall–Kier alpha value is -3.19.